The summed E-state index contributed by atoms with van der Waals surface area (Å²) in [6.07, 6.45) is 2.14. The molecule has 1 fully saturated rings. The Kier molecular flexibility index (Phi) is 5.03. The number of carbonyl (C=O) groups is 1. The first-order valence-electron chi connectivity index (χ1n) is 6.49. The number of halogens is 2. The third-order valence-electron chi connectivity index (χ3n) is 3.65. The lowest BCUT2D eigenvalue weighted by Gasteiger charge is -2.34. The second kappa shape index (κ2) is 6.37. The van der Waals surface area contributed by atoms with E-state index in [1.54, 1.807) is 0 Å². The lowest BCUT2D eigenvalue weighted by atomic mass is 9.92. The van der Waals surface area contributed by atoms with E-state index in [1.807, 2.05) is 30.0 Å². The molecule has 2 N–H and O–H groups in total. The van der Waals surface area contributed by atoms with Crippen molar-refractivity contribution in [1.29, 1.82) is 0 Å². The van der Waals surface area contributed by atoms with Crippen molar-refractivity contribution in [2.45, 2.75) is 25.8 Å². The largest absolute Gasteiger partial charge is 0.338 e. The molecule has 1 heterocycles. The van der Waals surface area contributed by atoms with E-state index >= 15 is 0 Å². The zero-order valence-corrected chi connectivity index (χ0v) is 14.1. The molecule has 0 aromatic heterocycles. The van der Waals surface area contributed by atoms with Gasteiger partial charge < -0.3 is 10.6 Å². The van der Waals surface area contributed by atoms with Crippen LogP contribution in [0.2, 0.25) is 0 Å². The molecule has 1 aliphatic heterocycles. The molecule has 2 unspecified atom stereocenters. The minimum absolute atomic E-state index is 0.0820. The summed E-state index contributed by atoms with van der Waals surface area (Å²) in [5.74, 6) is 0.488. The standard InChI is InChI=1S/C14H18Br2N2O/c1-9(17)10-3-2-6-18(8-10)14(19)12-7-11(15)4-5-13(12)16/h4-5,7,9-10H,2-3,6,8,17H2,1H3. The van der Waals surface area contributed by atoms with Gasteiger partial charge >= 0.3 is 0 Å². The molecule has 1 amide bonds. The van der Waals surface area contributed by atoms with Gasteiger partial charge in [-0.3, -0.25) is 4.79 Å². The van der Waals surface area contributed by atoms with Gasteiger partial charge in [0, 0.05) is 28.1 Å². The van der Waals surface area contributed by atoms with Crippen LogP contribution in [0, 0.1) is 5.92 Å². The molecule has 3 nitrogen and oxygen atoms in total. The molecule has 1 aromatic rings. The highest BCUT2D eigenvalue weighted by molar-refractivity contribution is 9.11. The van der Waals surface area contributed by atoms with Gasteiger partial charge in [0.15, 0.2) is 0 Å². The van der Waals surface area contributed by atoms with E-state index in [1.165, 1.54) is 0 Å². The van der Waals surface area contributed by atoms with E-state index in [4.69, 9.17) is 5.73 Å². The van der Waals surface area contributed by atoms with E-state index in [2.05, 4.69) is 31.9 Å². The Morgan fingerprint density at radius 1 is 1.47 bits per heavy atom. The van der Waals surface area contributed by atoms with Crippen molar-refractivity contribution in [1.82, 2.24) is 4.90 Å². The summed E-state index contributed by atoms with van der Waals surface area (Å²) in [5, 5.41) is 0. The molecule has 5 heteroatoms. The van der Waals surface area contributed by atoms with Crippen LogP contribution in [0.4, 0.5) is 0 Å². The number of benzene rings is 1. The fourth-order valence-electron chi connectivity index (χ4n) is 2.46. The fraction of sp³-hybridized carbons (Fsp3) is 0.500. The molecule has 1 saturated heterocycles. The zero-order valence-electron chi connectivity index (χ0n) is 10.9. The quantitative estimate of drug-likeness (QED) is 0.842. The van der Waals surface area contributed by atoms with Crippen LogP contribution in [0.1, 0.15) is 30.1 Å². The molecule has 0 spiro atoms. The van der Waals surface area contributed by atoms with E-state index in [0.717, 1.165) is 34.9 Å². The molecular formula is C14H18Br2N2O. The van der Waals surface area contributed by atoms with Crippen LogP contribution in [0.5, 0.6) is 0 Å². The van der Waals surface area contributed by atoms with Gasteiger partial charge in [-0.1, -0.05) is 15.9 Å². The van der Waals surface area contributed by atoms with Crippen LogP contribution in [0.3, 0.4) is 0 Å². The summed E-state index contributed by atoms with van der Waals surface area (Å²) in [4.78, 5) is 14.5. The van der Waals surface area contributed by atoms with Crippen LogP contribution >= 0.6 is 31.9 Å². The molecule has 1 aromatic carbocycles. The highest BCUT2D eigenvalue weighted by atomic mass is 79.9. The second-order valence-corrected chi connectivity index (χ2v) is 6.91. The summed E-state index contributed by atoms with van der Waals surface area (Å²) < 4.78 is 1.75. The number of hydrogen-bond donors (Lipinski definition) is 1. The first kappa shape index (κ1) is 15.0. The first-order chi connectivity index (χ1) is 8.99. The Balaban J connectivity index is 2.17. The lowest BCUT2D eigenvalue weighted by Crippen LogP contribution is -2.45. The van der Waals surface area contributed by atoms with Gasteiger partial charge in [0.05, 0.1) is 5.56 Å². The SMILES string of the molecule is CC(N)C1CCCN(C(=O)c2cc(Br)ccc2Br)C1. The van der Waals surface area contributed by atoms with Gasteiger partial charge in [0.2, 0.25) is 0 Å². The Labute approximate surface area is 130 Å². The summed E-state index contributed by atoms with van der Waals surface area (Å²) in [6, 6.07) is 5.81. The Hall–Kier alpha value is -0.390. The minimum atomic E-state index is 0.0820. The Morgan fingerprint density at radius 3 is 2.89 bits per heavy atom. The van der Waals surface area contributed by atoms with Crippen LogP contribution in [-0.2, 0) is 0 Å². The van der Waals surface area contributed by atoms with Crippen LogP contribution < -0.4 is 5.73 Å². The van der Waals surface area contributed by atoms with Gasteiger partial charge in [-0.15, -0.1) is 0 Å². The van der Waals surface area contributed by atoms with Crippen molar-refractivity contribution in [3.63, 3.8) is 0 Å². The zero-order chi connectivity index (χ0) is 14.0. The predicted octanol–water partition coefficient (Wildman–Crippen LogP) is 3.41. The van der Waals surface area contributed by atoms with E-state index in [-0.39, 0.29) is 11.9 Å². The molecule has 0 aliphatic carbocycles. The van der Waals surface area contributed by atoms with Crippen LogP contribution in [0.15, 0.2) is 27.1 Å². The highest BCUT2D eigenvalue weighted by Crippen LogP contribution is 2.26. The summed E-state index contributed by atoms with van der Waals surface area (Å²) in [5.41, 5.74) is 6.68. The third kappa shape index (κ3) is 3.58. The van der Waals surface area contributed by atoms with Gasteiger partial charge in [-0.25, -0.2) is 0 Å². The number of rotatable bonds is 2. The maximum atomic E-state index is 12.6. The van der Waals surface area contributed by atoms with Crippen molar-refractivity contribution >= 4 is 37.8 Å². The summed E-state index contributed by atoms with van der Waals surface area (Å²) in [6.45, 7) is 3.60. The Morgan fingerprint density at radius 2 is 2.21 bits per heavy atom. The summed E-state index contributed by atoms with van der Waals surface area (Å²) in [7, 11) is 0. The smallest absolute Gasteiger partial charge is 0.255 e. The number of nitrogens with zero attached hydrogens (tertiary/aromatic N) is 1. The highest BCUT2D eigenvalue weighted by Gasteiger charge is 2.27. The lowest BCUT2D eigenvalue weighted by molar-refractivity contribution is 0.0660. The van der Waals surface area contributed by atoms with Gasteiger partial charge in [-0.2, -0.15) is 0 Å². The van der Waals surface area contributed by atoms with Crippen molar-refractivity contribution < 1.29 is 4.79 Å². The number of nitrogens with two attached hydrogens (primary N) is 1. The molecule has 0 saturated carbocycles. The second-order valence-electron chi connectivity index (χ2n) is 5.14. The molecule has 2 rings (SSSR count). The first-order valence-corrected chi connectivity index (χ1v) is 8.07. The number of piperidine rings is 1. The number of hydrogen-bond acceptors (Lipinski definition) is 2. The van der Waals surface area contributed by atoms with Gasteiger partial charge in [0.1, 0.15) is 0 Å². The summed E-state index contributed by atoms with van der Waals surface area (Å²) >= 11 is 6.86. The predicted molar refractivity (Wildman–Crippen MR) is 84.1 cm³/mol. The van der Waals surface area contributed by atoms with Gasteiger partial charge in [0.25, 0.3) is 5.91 Å². The van der Waals surface area contributed by atoms with E-state index in [0.29, 0.717) is 11.5 Å². The Bertz CT molecular complexity index is 477. The molecule has 0 bridgehead atoms. The average Bonchev–Trinajstić information content (AvgIpc) is 2.41. The molecule has 104 valence electrons. The molecule has 19 heavy (non-hydrogen) atoms. The maximum Gasteiger partial charge on any atom is 0.255 e. The third-order valence-corrected chi connectivity index (χ3v) is 4.83. The van der Waals surface area contributed by atoms with Gasteiger partial charge in [-0.05, 0) is 59.8 Å². The number of likely N-dealkylation sites (tertiary alicyclic amines) is 1. The molecule has 0 radical (unpaired) electrons. The van der Waals surface area contributed by atoms with E-state index < -0.39 is 0 Å². The average molecular weight is 390 g/mol. The maximum absolute atomic E-state index is 12.6. The van der Waals surface area contributed by atoms with Crippen molar-refractivity contribution in [3.05, 3.63) is 32.7 Å². The monoisotopic (exact) mass is 388 g/mol. The molecule has 1 aliphatic rings. The topological polar surface area (TPSA) is 46.3 Å². The molecular weight excluding hydrogens is 372 g/mol. The number of carbonyl (C=O) groups excluding carboxylic acids is 1. The van der Waals surface area contributed by atoms with E-state index in [9.17, 15) is 4.79 Å². The van der Waals surface area contributed by atoms with Crippen molar-refractivity contribution in [3.8, 4) is 0 Å². The van der Waals surface area contributed by atoms with Crippen LogP contribution in [-0.4, -0.2) is 29.9 Å². The normalized spacial score (nSPS) is 21.3. The van der Waals surface area contributed by atoms with Crippen molar-refractivity contribution in [2.24, 2.45) is 11.7 Å². The van der Waals surface area contributed by atoms with Crippen LogP contribution in [0.25, 0.3) is 0 Å². The molecule has 2 atom stereocenters. The van der Waals surface area contributed by atoms with Crippen molar-refractivity contribution in [2.75, 3.05) is 13.1 Å². The minimum Gasteiger partial charge on any atom is -0.338 e. The number of amides is 1. The fourth-order valence-corrected chi connectivity index (χ4v) is 3.23.